The van der Waals surface area contributed by atoms with Crippen LogP contribution in [0.5, 0.6) is 5.75 Å². The van der Waals surface area contributed by atoms with Crippen LogP contribution in [0.15, 0.2) is 41.6 Å². The topological polar surface area (TPSA) is 101 Å². The first-order valence-corrected chi connectivity index (χ1v) is 9.83. The van der Waals surface area contributed by atoms with Gasteiger partial charge in [0.05, 0.1) is 24.0 Å². The number of ether oxygens (including phenoxy) is 1. The van der Waals surface area contributed by atoms with Crippen molar-refractivity contribution < 1.29 is 9.53 Å². The zero-order chi connectivity index (χ0) is 21.3. The van der Waals surface area contributed by atoms with Crippen molar-refractivity contribution in [3.63, 3.8) is 0 Å². The Balaban J connectivity index is 1.51. The number of aromatic nitrogens is 4. The summed E-state index contributed by atoms with van der Waals surface area (Å²) < 4.78 is 5.90. The Kier molecular flexibility index (Phi) is 5.31. The molecule has 0 fully saturated rings. The summed E-state index contributed by atoms with van der Waals surface area (Å²) in [6.07, 6.45) is 4.50. The van der Waals surface area contributed by atoms with Gasteiger partial charge in [0.15, 0.2) is 11.9 Å². The van der Waals surface area contributed by atoms with E-state index in [1.54, 1.807) is 30.4 Å². The van der Waals surface area contributed by atoms with E-state index in [0.717, 1.165) is 11.1 Å². The molecule has 8 nitrogen and oxygen atoms in total. The lowest BCUT2D eigenvalue weighted by atomic mass is 10.1. The molecule has 1 aromatic carbocycles. The number of fused-ring (bicyclic) bond motifs is 1. The van der Waals surface area contributed by atoms with Crippen molar-refractivity contribution in [3.8, 4) is 17.3 Å². The molecule has 2 aromatic heterocycles. The van der Waals surface area contributed by atoms with E-state index in [0.29, 0.717) is 41.5 Å². The summed E-state index contributed by atoms with van der Waals surface area (Å²) in [5.74, 6) is 0.920. The average molecular weight is 405 g/mol. The van der Waals surface area contributed by atoms with E-state index >= 15 is 0 Å². The van der Waals surface area contributed by atoms with Gasteiger partial charge in [0.2, 0.25) is 0 Å². The van der Waals surface area contributed by atoms with E-state index in [9.17, 15) is 9.59 Å². The highest BCUT2D eigenvalue weighted by Crippen LogP contribution is 2.22. The number of nitrogens with zero attached hydrogens (tertiary/aromatic N) is 4. The molecule has 0 bridgehead atoms. The Morgan fingerprint density at radius 1 is 1.27 bits per heavy atom. The first-order chi connectivity index (χ1) is 14.4. The van der Waals surface area contributed by atoms with Gasteiger partial charge in [0, 0.05) is 25.4 Å². The van der Waals surface area contributed by atoms with Crippen LogP contribution in [0.1, 0.15) is 29.3 Å². The molecule has 4 rings (SSSR count). The van der Waals surface area contributed by atoms with Crippen molar-refractivity contribution in [2.45, 2.75) is 39.8 Å². The summed E-state index contributed by atoms with van der Waals surface area (Å²) in [7, 11) is 0. The third-order valence-corrected chi connectivity index (χ3v) is 5.17. The first kappa shape index (κ1) is 19.8. The van der Waals surface area contributed by atoms with Gasteiger partial charge < -0.3 is 14.6 Å². The van der Waals surface area contributed by atoms with Gasteiger partial charge in [-0.1, -0.05) is 17.7 Å². The Morgan fingerprint density at radius 3 is 2.83 bits per heavy atom. The van der Waals surface area contributed by atoms with Crippen LogP contribution in [-0.2, 0) is 17.8 Å². The van der Waals surface area contributed by atoms with Gasteiger partial charge in [0.25, 0.3) is 11.5 Å². The molecule has 154 valence electrons. The van der Waals surface area contributed by atoms with Crippen LogP contribution >= 0.6 is 0 Å². The van der Waals surface area contributed by atoms with Crippen LogP contribution in [0.4, 0.5) is 0 Å². The second-order valence-electron chi connectivity index (χ2n) is 7.47. The van der Waals surface area contributed by atoms with Crippen LogP contribution in [0, 0.1) is 13.8 Å². The van der Waals surface area contributed by atoms with Crippen molar-refractivity contribution in [2.75, 3.05) is 6.54 Å². The summed E-state index contributed by atoms with van der Waals surface area (Å²) >= 11 is 0. The SMILES string of the molecule is Cc1ccc(O[C@H](C)C(=O)N2CCc3nc(-c4cnccn4)[nH]c(=O)c3C2)c(C)c1. The summed E-state index contributed by atoms with van der Waals surface area (Å²) in [4.78, 5) is 42.7. The summed E-state index contributed by atoms with van der Waals surface area (Å²) in [6, 6.07) is 5.85. The molecule has 3 aromatic rings. The second kappa shape index (κ2) is 8.06. The number of nitrogens with one attached hydrogen (secondary N) is 1. The van der Waals surface area contributed by atoms with Gasteiger partial charge in [-0.3, -0.25) is 14.6 Å². The molecule has 0 unspecified atom stereocenters. The number of carbonyl (C=O) groups is 1. The minimum atomic E-state index is -0.654. The molecule has 0 saturated carbocycles. The predicted molar refractivity (Wildman–Crippen MR) is 111 cm³/mol. The van der Waals surface area contributed by atoms with Gasteiger partial charge in [-0.05, 0) is 32.4 Å². The van der Waals surface area contributed by atoms with E-state index in [2.05, 4.69) is 19.9 Å². The number of hydrogen-bond acceptors (Lipinski definition) is 6. The van der Waals surface area contributed by atoms with Gasteiger partial charge in [-0.2, -0.15) is 0 Å². The monoisotopic (exact) mass is 405 g/mol. The second-order valence-corrected chi connectivity index (χ2v) is 7.47. The van der Waals surface area contributed by atoms with E-state index in [4.69, 9.17) is 4.74 Å². The number of amides is 1. The van der Waals surface area contributed by atoms with Gasteiger partial charge >= 0.3 is 0 Å². The standard InChI is InChI=1S/C22H23N5O3/c1-13-4-5-19(14(2)10-13)30-15(3)22(29)27-9-6-17-16(12-27)21(28)26-20(25-17)18-11-23-7-8-24-18/h4-5,7-8,10-11,15H,6,9,12H2,1-3H3,(H,25,26,28)/t15-/m1/s1. The molecule has 1 amide bonds. The van der Waals surface area contributed by atoms with Crippen LogP contribution in [0.2, 0.25) is 0 Å². The quantitative estimate of drug-likeness (QED) is 0.714. The summed E-state index contributed by atoms with van der Waals surface area (Å²) in [5, 5.41) is 0. The molecule has 0 spiro atoms. The molecule has 0 radical (unpaired) electrons. The molecule has 3 heterocycles. The van der Waals surface area contributed by atoms with Crippen molar-refractivity contribution in [1.82, 2.24) is 24.8 Å². The summed E-state index contributed by atoms with van der Waals surface area (Å²) in [6.45, 7) is 6.38. The Morgan fingerprint density at radius 2 is 2.10 bits per heavy atom. The van der Waals surface area contributed by atoms with Crippen molar-refractivity contribution in [1.29, 1.82) is 0 Å². The van der Waals surface area contributed by atoms with Crippen LogP contribution < -0.4 is 10.3 Å². The number of aromatic amines is 1. The third-order valence-electron chi connectivity index (χ3n) is 5.17. The van der Waals surface area contributed by atoms with E-state index in [1.807, 2.05) is 32.0 Å². The predicted octanol–water partition coefficient (Wildman–Crippen LogP) is 2.20. The van der Waals surface area contributed by atoms with Crippen LogP contribution in [-0.4, -0.2) is 43.4 Å². The van der Waals surface area contributed by atoms with Gasteiger partial charge in [0.1, 0.15) is 11.4 Å². The molecule has 8 heteroatoms. The zero-order valence-electron chi connectivity index (χ0n) is 17.2. The van der Waals surface area contributed by atoms with E-state index in [1.165, 1.54) is 0 Å². The molecular formula is C22H23N5O3. The molecular weight excluding hydrogens is 382 g/mol. The molecule has 1 N–H and O–H groups in total. The van der Waals surface area contributed by atoms with Gasteiger partial charge in [-0.15, -0.1) is 0 Å². The normalized spacial score (nSPS) is 14.2. The number of benzene rings is 1. The lowest BCUT2D eigenvalue weighted by Crippen LogP contribution is -2.45. The highest BCUT2D eigenvalue weighted by Gasteiger charge is 2.28. The molecule has 0 saturated heterocycles. The fourth-order valence-electron chi connectivity index (χ4n) is 3.59. The van der Waals surface area contributed by atoms with Crippen LogP contribution in [0.25, 0.3) is 11.5 Å². The molecule has 1 atom stereocenters. The van der Waals surface area contributed by atoms with Crippen molar-refractivity contribution in [3.05, 3.63) is 69.5 Å². The highest BCUT2D eigenvalue weighted by molar-refractivity contribution is 5.81. The molecule has 0 aliphatic carbocycles. The number of hydrogen-bond donors (Lipinski definition) is 1. The maximum Gasteiger partial charge on any atom is 0.263 e. The lowest BCUT2D eigenvalue weighted by molar-refractivity contribution is -0.139. The Bertz CT molecular complexity index is 1140. The third kappa shape index (κ3) is 3.94. The van der Waals surface area contributed by atoms with Gasteiger partial charge in [-0.25, -0.2) is 9.97 Å². The largest absolute Gasteiger partial charge is 0.481 e. The summed E-state index contributed by atoms with van der Waals surface area (Å²) in [5.41, 5.74) is 3.55. The zero-order valence-corrected chi connectivity index (χ0v) is 17.2. The lowest BCUT2D eigenvalue weighted by Gasteiger charge is -2.30. The molecule has 30 heavy (non-hydrogen) atoms. The minimum Gasteiger partial charge on any atom is -0.481 e. The number of carbonyl (C=O) groups excluding carboxylic acids is 1. The molecule has 1 aliphatic rings. The fourth-order valence-corrected chi connectivity index (χ4v) is 3.59. The minimum absolute atomic E-state index is 0.155. The Labute approximate surface area is 174 Å². The van der Waals surface area contributed by atoms with Crippen LogP contribution in [0.3, 0.4) is 0 Å². The number of aryl methyl sites for hydroxylation is 2. The van der Waals surface area contributed by atoms with Crippen molar-refractivity contribution in [2.24, 2.45) is 0 Å². The van der Waals surface area contributed by atoms with Crippen molar-refractivity contribution >= 4 is 5.91 Å². The maximum absolute atomic E-state index is 12.9. The van der Waals surface area contributed by atoms with E-state index in [-0.39, 0.29) is 18.0 Å². The average Bonchev–Trinajstić information content (AvgIpc) is 2.75. The number of rotatable bonds is 4. The van der Waals surface area contributed by atoms with E-state index < -0.39 is 6.10 Å². The number of H-pyrrole nitrogens is 1. The smallest absolute Gasteiger partial charge is 0.263 e. The Hall–Kier alpha value is -3.55. The molecule has 1 aliphatic heterocycles. The maximum atomic E-state index is 12.9. The first-order valence-electron chi connectivity index (χ1n) is 9.83. The highest BCUT2D eigenvalue weighted by atomic mass is 16.5. The fraction of sp³-hybridized carbons (Fsp3) is 0.318.